The van der Waals surface area contributed by atoms with Gasteiger partial charge in [-0.25, -0.2) is 8.42 Å². The Kier molecular flexibility index (Phi) is 5.52. The summed E-state index contributed by atoms with van der Waals surface area (Å²) in [5.41, 5.74) is -1.03. The standard InChI is InChI=1S/C15H15ClF3N3O3S2/c1-8-20-21-14(26-8)12-7-10(23)4-5-22(12)27(24,25)13-3-2-9(6-11(13)16)15(17,18)19/h2-3,6,10,12,23H,4-5,7H2,1H3. The number of aryl methyl sites for hydroxylation is 1. The van der Waals surface area contributed by atoms with Gasteiger partial charge in [-0.2, -0.15) is 17.5 Å². The number of alkyl halides is 3. The van der Waals surface area contributed by atoms with Gasteiger partial charge in [0.1, 0.15) is 14.9 Å². The molecule has 6 nitrogen and oxygen atoms in total. The second-order valence-electron chi connectivity index (χ2n) is 6.11. The predicted octanol–water partition coefficient (Wildman–Crippen LogP) is 3.41. The maximum absolute atomic E-state index is 13.1. The third kappa shape index (κ3) is 4.11. The van der Waals surface area contributed by atoms with E-state index in [4.69, 9.17) is 11.6 Å². The molecule has 1 aliphatic heterocycles. The highest BCUT2D eigenvalue weighted by molar-refractivity contribution is 7.89. The molecule has 2 heterocycles. The molecule has 1 aromatic heterocycles. The van der Waals surface area contributed by atoms with Gasteiger partial charge >= 0.3 is 6.18 Å². The third-order valence-corrected chi connectivity index (χ3v) is 7.53. The summed E-state index contributed by atoms with van der Waals surface area (Å²) in [6.07, 6.45) is -5.03. The van der Waals surface area contributed by atoms with E-state index in [1.807, 2.05) is 0 Å². The summed E-state index contributed by atoms with van der Waals surface area (Å²) in [4.78, 5) is -0.417. The Morgan fingerprint density at radius 2 is 2.04 bits per heavy atom. The van der Waals surface area contributed by atoms with Gasteiger partial charge in [-0.3, -0.25) is 0 Å². The Bertz CT molecular complexity index is 949. The highest BCUT2D eigenvalue weighted by atomic mass is 35.5. The first kappa shape index (κ1) is 20.5. The van der Waals surface area contributed by atoms with E-state index in [0.29, 0.717) is 22.1 Å². The summed E-state index contributed by atoms with van der Waals surface area (Å²) in [6, 6.07) is 1.37. The molecular formula is C15H15ClF3N3O3S2. The molecule has 1 fully saturated rings. The maximum atomic E-state index is 13.1. The topological polar surface area (TPSA) is 83.4 Å². The van der Waals surface area contributed by atoms with Crippen molar-refractivity contribution in [2.45, 2.75) is 43.0 Å². The van der Waals surface area contributed by atoms with E-state index in [1.165, 1.54) is 11.3 Å². The van der Waals surface area contributed by atoms with E-state index in [9.17, 15) is 26.7 Å². The fraction of sp³-hybridized carbons (Fsp3) is 0.467. The molecule has 1 aliphatic rings. The van der Waals surface area contributed by atoms with Crippen molar-refractivity contribution in [3.05, 3.63) is 38.8 Å². The van der Waals surface area contributed by atoms with Gasteiger partial charge < -0.3 is 5.11 Å². The van der Waals surface area contributed by atoms with Gasteiger partial charge in [0.15, 0.2) is 0 Å². The quantitative estimate of drug-likeness (QED) is 0.789. The summed E-state index contributed by atoms with van der Waals surface area (Å²) < 4.78 is 65.8. The van der Waals surface area contributed by atoms with Crippen molar-refractivity contribution in [2.24, 2.45) is 0 Å². The van der Waals surface area contributed by atoms with Crippen molar-refractivity contribution in [3.8, 4) is 0 Å². The lowest BCUT2D eigenvalue weighted by Crippen LogP contribution is -2.42. The van der Waals surface area contributed by atoms with Gasteiger partial charge in [0.05, 0.1) is 22.7 Å². The fourth-order valence-corrected chi connectivity index (χ4v) is 5.93. The summed E-state index contributed by atoms with van der Waals surface area (Å²) in [6.45, 7) is 1.70. The number of piperidine rings is 1. The Labute approximate surface area is 162 Å². The first-order valence-corrected chi connectivity index (χ1v) is 10.5. The number of sulfonamides is 1. The highest BCUT2D eigenvalue weighted by Crippen LogP contribution is 2.39. The minimum Gasteiger partial charge on any atom is -0.393 e. The molecule has 12 heteroatoms. The van der Waals surface area contributed by atoms with Crippen LogP contribution in [0.1, 0.15) is 34.5 Å². The number of aromatic nitrogens is 2. The number of nitrogens with zero attached hydrogens (tertiary/aromatic N) is 3. The van der Waals surface area contributed by atoms with Crippen LogP contribution in [0.2, 0.25) is 5.02 Å². The maximum Gasteiger partial charge on any atom is 0.416 e. The van der Waals surface area contributed by atoms with Crippen LogP contribution in [0.3, 0.4) is 0 Å². The van der Waals surface area contributed by atoms with Gasteiger partial charge in [0.2, 0.25) is 10.0 Å². The summed E-state index contributed by atoms with van der Waals surface area (Å²) in [5.74, 6) is 0. The number of halogens is 4. The third-order valence-electron chi connectivity index (χ3n) is 4.20. The summed E-state index contributed by atoms with van der Waals surface area (Å²) in [5, 5.41) is 18.4. The van der Waals surface area contributed by atoms with Crippen molar-refractivity contribution in [1.29, 1.82) is 0 Å². The molecule has 1 saturated heterocycles. The molecular weight excluding hydrogens is 427 g/mol. The zero-order valence-electron chi connectivity index (χ0n) is 13.9. The second-order valence-corrected chi connectivity index (χ2v) is 9.59. The van der Waals surface area contributed by atoms with Gasteiger partial charge in [-0.05, 0) is 38.0 Å². The number of hydrogen-bond acceptors (Lipinski definition) is 6. The Balaban J connectivity index is 2.02. The van der Waals surface area contributed by atoms with Crippen molar-refractivity contribution in [1.82, 2.24) is 14.5 Å². The molecule has 27 heavy (non-hydrogen) atoms. The highest BCUT2D eigenvalue weighted by Gasteiger charge is 2.40. The van der Waals surface area contributed by atoms with Crippen LogP contribution in [0, 0.1) is 6.92 Å². The molecule has 2 unspecified atom stereocenters. The molecule has 0 aliphatic carbocycles. The molecule has 2 atom stereocenters. The van der Waals surface area contributed by atoms with Gasteiger partial charge in [0, 0.05) is 6.54 Å². The van der Waals surface area contributed by atoms with Crippen LogP contribution < -0.4 is 0 Å². The normalized spacial score (nSPS) is 22.1. The van der Waals surface area contributed by atoms with E-state index in [0.717, 1.165) is 10.4 Å². The molecule has 1 N–H and O–H groups in total. The zero-order valence-corrected chi connectivity index (χ0v) is 16.3. The van der Waals surface area contributed by atoms with Crippen molar-refractivity contribution in [3.63, 3.8) is 0 Å². The molecule has 148 valence electrons. The number of rotatable bonds is 3. The molecule has 0 bridgehead atoms. The lowest BCUT2D eigenvalue weighted by Gasteiger charge is -2.35. The van der Waals surface area contributed by atoms with Crippen LogP contribution in [0.5, 0.6) is 0 Å². The Morgan fingerprint density at radius 3 is 2.59 bits per heavy atom. The molecule has 0 spiro atoms. The van der Waals surface area contributed by atoms with Crippen LogP contribution in [-0.4, -0.2) is 40.7 Å². The lowest BCUT2D eigenvalue weighted by molar-refractivity contribution is -0.137. The van der Waals surface area contributed by atoms with Crippen molar-refractivity contribution < 1.29 is 26.7 Å². The van der Waals surface area contributed by atoms with E-state index >= 15 is 0 Å². The van der Waals surface area contributed by atoms with E-state index < -0.39 is 43.8 Å². The number of aliphatic hydroxyl groups excluding tert-OH is 1. The van der Waals surface area contributed by atoms with Crippen LogP contribution in [0.15, 0.2) is 23.1 Å². The molecule has 1 aromatic carbocycles. The van der Waals surface area contributed by atoms with Gasteiger partial charge in [0.25, 0.3) is 0 Å². The zero-order chi connectivity index (χ0) is 20.0. The smallest absolute Gasteiger partial charge is 0.393 e. The number of benzene rings is 1. The second kappa shape index (κ2) is 7.28. The molecule has 0 radical (unpaired) electrons. The van der Waals surface area contributed by atoms with Crippen LogP contribution in [0.4, 0.5) is 13.2 Å². The lowest BCUT2D eigenvalue weighted by atomic mass is 10.0. The van der Waals surface area contributed by atoms with Crippen LogP contribution >= 0.6 is 22.9 Å². The number of hydrogen-bond donors (Lipinski definition) is 1. The Morgan fingerprint density at radius 1 is 1.33 bits per heavy atom. The minimum atomic E-state index is -4.63. The van der Waals surface area contributed by atoms with Crippen molar-refractivity contribution in [2.75, 3.05) is 6.54 Å². The monoisotopic (exact) mass is 441 g/mol. The van der Waals surface area contributed by atoms with Crippen LogP contribution in [0.25, 0.3) is 0 Å². The molecule has 0 saturated carbocycles. The largest absolute Gasteiger partial charge is 0.416 e. The predicted molar refractivity (Wildman–Crippen MR) is 93.0 cm³/mol. The minimum absolute atomic E-state index is 0.00978. The average Bonchev–Trinajstić information content (AvgIpc) is 2.99. The SMILES string of the molecule is Cc1nnc(C2CC(O)CCN2S(=O)(=O)c2ccc(C(F)(F)F)cc2Cl)s1. The van der Waals surface area contributed by atoms with E-state index in [2.05, 4.69) is 10.2 Å². The molecule has 3 rings (SSSR count). The first-order valence-electron chi connectivity index (χ1n) is 7.87. The first-order chi connectivity index (χ1) is 12.5. The van der Waals surface area contributed by atoms with E-state index in [-0.39, 0.29) is 19.4 Å². The molecule has 2 aromatic rings. The summed E-state index contributed by atoms with van der Waals surface area (Å²) >= 11 is 7.09. The average molecular weight is 442 g/mol. The Hall–Kier alpha value is -1.27. The fourth-order valence-electron chi connectivity index (χ4n) is 2.90. The molecule has 0 amide bonds. The van der Waals surface area contributed by atoms with Gasteiger partial charge in [-0.15, -0.1) is 21.5 Å². The van der Waals surface area contributed by atoms with E-state index in [1.54, 1.807) is 6.92 Å². The van der Waals surface area contributed by atoms with Gasteiger partial charge in [-0.1, -0.05) is 11.6 Å². The van der Waals surface area contributed by atoms with Crippen molar-refractivity contribution >= 4 is 33.0 Å². The summed E-state index contributed by atoms with van der Waals surface area (Å²) in [7, 11) is -4.20. The van der Waals surface area contributed by atoms with Crippen LogP contribution in [-0.2, 0) is 16.2 Å². The number of aliphatic hydroxyl groups is 1.